The first kappa shape index (κ1) is 16.1. The number of nitrogens with two attached hydrogens (primary N) is 1. The summed E-state index contributed by atoms with van der Waals surface area (Å²) in [6.45, 7) is 1.27. The number of carbonyl (C=O) groups is 2. The van der Waals surface area contributed by atoms with Crippen molar-refractivity contribution in [2.24, 2.45) is 5.73 Å². The lowest BCUT2D eigenvalue weighted by Crippen LogP contribution is -2.47. The van der Waals surface area contributed by atoms with E-state index in [1.165, 1.54) is 0 Å². The summed E-state index contributed by atoms with van der Waals surface area (Å²) >= 11 is 0. The molecular formula is C10H20ClN3O3. The third kappa shape index (κ3) is 5.34. The Hall–Kier alpha value is -0.850. The van der Waals surface area contributed by atoms with Crippen LogP contribution in [0.25, 0.3) is 0 Å². The van der Waals surface area contributed by atoms with Crippen LogP contribution in [0.2, 0.25) is 0 Å². The first-order valence-corrected chi connectivity index (χ1v) is 5.44. The highest BCUT2D eigenvalue weighted by molar-refractivity contribution is 5.85. The van der Waals surface area contributed by atoms with Crippen molar-refractivity contribution in [1.82, 2.24) is 10.2 Å². The minimum Gasteiger partial charge on any atom is -0.380 e. The van der Waals surface area contributed by atoms with Gasteiger partial charge in [-0.05, 0) is 12.8 Å². The first-order valence-electron chi connectivity index (χ1n) is 5.44. The van der Waals surface area contributed by atoms with Gasteiger partial charge in [-0.1, -0.05) is 0 Å². The molecule has 0 radical (unpaired) electrons. The maximum absolute atomic E-state index is 11.7. The molecule has 100 valence electrons. The molecule has 1 aliphatic rings. The lowest BCUT2D eigenvalue weighted by atomic mass is 10.1. The maximum Gasteiger partial charge on any atom is 0.242 e. The highest BCUT2D eigenvalue weighted by Gasteiger charge is 2.23. The fourth-order valence-electron chi connectivity index (χ4n) is 1.72. The number of ether oxygens (including phenoxy) is 1. The van der Waals surface area contributed by atoms with E-state index in [-0.39, 0.29) is 43.4 Å². The van der Waals surface area contributed by atoms with Crippen LogP contribution in [0.3, 0.4) is 0 Å². The van der Waals surface area contributed by atoms with Gasteiger partial charge in [0.15, 0.2) is 0 Å². The van der Waals surface area contributed by atoms with Gasteiger partial charge in [-0.15, -0.1) is 12.4 Å². The summed E-state index contributed by atoms with van der Waals surface area (Å²) in [7, 11) is 1.65. The Morgan fingerprint density at radius 1 is 1.53 bits per heavy atom. The predicted molar refractivity (Wildman–Crippen MR) is 65.9 cm³/mol. The summed E-state index contributed by atoms with van der Waals surface area (Å²) in [6.07, 6.45) is 2.03. The summed E-state index contributed by atoms with van der Waals surface area (Å²) in [5.41, 5.74) is 5.12. The van der Waals surface area contributed by atoms with Gasteiger partial charge in [-0.25, -0.2) is 0 Å². The molecule has 1 heterocycles. The molecule has 0 spiro atoms. The van der Waals surface area contributed by atoms with Crippen molar-refractivity contribution in [3.05, 3.63) is 0 Å². The molecule has 0 aromatic rings. The Balaban J connectivity index is 0.00000256. The van der Waals surface area contributed by atoms with E-state index in [2.05, 4.69) is 5.32 Å². The molecule has 1 atom stereocenters. The Labute approximate surface area is 107 Å². The monoisotopic (exact) mass is 265 g/mol. The van der Waals surface area contributed by atoms with Gasteiger partial charge in [0.05, 0.1) is 19.2 Å². The van der Waals surface area contributed by atoms with E-state index in [0.717, 1.165) is 19.4 Å². The topological polar surface area (TPSA) is 84.7 Å². The second-order valence-corrected chi connectivity index (χ2v) is 3.82. The molecule has 1 fully saturated rings. The van der Waals surface area contributed by atoms with Crippen molar-refractivity contribution in [2.75, 3.05) is 33.3 Å². The van der Waals surface area contributed by atoms with Crippen LogP contribution >= 0.6 is 12.4 Å². The maximum atomic E-state index is 11.7. The Morgan fingerprint density at radius 3 is 2.82 bits per heavy atom. The summed E-state index contributed by atoms with van der Waals surface area (Å²) in [5.74, 6) is -0.391. The largest absolute Gasteiger partial charge is 0.380 e. The number of likely N-dealkylation sites (tertiary alicyclic amines) is 1. The number of halogens is 1. The molecule has 1 saturated heterocycles. The lowest BCUT2D eigenvalue weighted by Gasteiger charge is -2.31. The van der Waals surface area contributed by atoms with Crippen molar-refractivity contribution in [3.8, 4) is 0 Å². The third-order valence-corrected chi connectivity index (χ3v) is 2.69. The Bertz CT molecular complexity index is 263. The van der Waals surface area contributed by atoms with Gasteiger partial charge < -0.3 is 20.7 Å². The number of methoxy groups -OCH3 is 1. The molecule has 0 saturated carbocycles. The highest BCUT2D eigenvalue weighted by atomic mass is 35.5. The summed E-state index contributed by atoms with van der Waals surface area (Å²) in [4.78, 5) is 24.3. The second kappa shape index (κ2) is 8.27. The molecular weight excluding hydrogens is 246 g/mol. The SMILES string of the molecule is COC1CCCN(C(=O)CNC(=O)CN)C1.Cl. The van der Waals surface area contributed by atoms with Crippen molar-refractivity contribution in [3.63, 3.8) is 0 Å². The zero-order chi connectivity index (χ0) is 12.0. The van der Waals surface area contributed by atoms with Crippen LogP contribution in [-0.2, 0) is 14.3 Å². The van der Waals surface area contributed by atoms with Crippen LogP contribution in [0, 0.1) is 0 Å². The van der Waals surface area contributed by atoms with Crippen LogP contribution < -0.4 is 11.1 Å². The summed E-state index contributed by atoms with van der Waals surface area (Å²) in [5, 5.41) is 2.47. The molecule has 0 bridgehead atoms. The van der Waals surface area contributed by atoms with Crippen molar-refractivity contribution in [1.29, 1.82) is 0 Å². The molecule has 1 unspecified atom stereocenters. The molecule has 7 heteroatoms. The highest BCUT2D eigenvalue weighted by Crippen LogP contribution is 2.12. The molecule has 6 nitrogen and oxygen atoms in total. The average molecular weight is 266 g/mol. The number of hydrogen-bond donors (Lipinski definition) is 2. The second-order valence-electron chi connectivity index (χ2n) is 3.82. The third-order valence-electron chi connectivity index (χ3n) is 2.69. The quantitative estimate of drug-likeness (QED) is 0.691. The average Bonchev–Trinajstić information content (AvgIpc) is 2.35. The van der Waals surface area contributed by atoms with Crippen LogP contribution in [-0.4, -0.2) is 56.1 Å². The molecule has 1 rings (SSSR count). The van der Waals surface area contributed by atoms with Gasteiger partial charge >= 0.3 is 0 Å². The fraction of sp³-hybridized carbons (Fsp3) is 0.800. The molecule has 2 amide bonds. The van der Waals surface area contributed by atoms with E-state index >= 15 is 0 Å². The van der Waals surface area contributed by atoms with E-state index < -0.39 is 0 Å². The number of nitrogens with zero attached hydrogens (tertiary/aromatic N) is 1. The van der Waals surface area contributed by atoms with Crippen LogP contribution in [0.5, 0.6) is 0 Å². The van der Waals surface area contributed by atoms with E-state index in [1.807, 2.05) is 0 Å². The van der Waals surface area contributed by atoms with Crippen molar-refractivity contribution < 1.29 is 14.3 Å². The standard InChI is InChI=1S/C10H19N3O3.ClH/c1-16-8-3-2-4-13(7-8)10(15)6-12-9(14)5-11;/h8H,2-7,11H2,1H3,(H,12,14);1H. The molecule has 17 heavy (non-hydrogen) atoms. The van der Waals surface area contributed by atoms with Crippen molar-refractivity contribution >= 4 is 24.2 Å². The van der Waals surface area contributed by atoms with Gasteiger partial charge in [0.1, 0.15) is 0 Å². The Morgan fingerprint density at radius 2 is 2.24 bits per heavy atom. The molecule has 0 aromatic heterocycles. The van der Waals surface area contributed by atoms with Crippen LogP contribution in [0.1, 0.15) is 12.8 Å². The number of hydrogen-bond acceptors (Lipinski definition) is 4. The van der Waals surface area contributed by atoms with Gasteiger partial charge in [0, 0.05) is 20.2 Å². The first-order chi connectivity index (χ1) is 7.67. The normalized spacial score (nSPS) is 19.4. The minimum atomic E-state index is -0.311. The molecule has 0 aliphatic carbocycles. The van der Waals surface area contributed by atoms with Crippen LogP contribution in [0.15, 0.2) is 0 Å². The molecule has 0 aromatic carbocycles. The van der Waals surface area contributed by atoms with Gasteiger partial charge in [-0.3, -0.25) is 9.59 Å². The fourth-order valence-corrected chi connectivity index (χ4v) is 1.72. The van der Waals surface area contributed by atoms with Gasteiger partial charge in [0.25, 0.3) is 0 Å². The van der Waals surface area contributed by atoms with E-state index in [1.54, 1.807) is 12.0 Å². The molecule has 3 N–H and O–H groups in total. The number of rotatable bonds is 4. The Kier molecular flexibility index (Phi) is 7.86. The summed E-state index contributed by atoms with van der Waals surface area (Å²) < 4.78 is 5.22. The number of nitrogens with one attached hydrogen (secondary N) is 1. The molecule has 1 aliphatic heterocycles. The van der Waals surface area contributed by atoms with Crippen LogP contribution in [0.4, 0.5) is 0 Å². The summed E-state index contributed by atoms with van der Waals surface area (Å²) in [6, 6.07) is 0. The van der Waals surface area contributed by atoms with E-state index in [4.69, 9.17) is 10.5 Å². The van der Waals surface area contributed by atoms with E-state index in [9.17, 15) is 9.59 Å². The minimum absolute atomic E-state index is 0. The van der Waals surface area contributed by atoms with Gasteiger partial charge in [-0.2, -0.15) is 0 Å². The van der Waals surface area contributed by atoms with Crippen molar-refractivity contribution in [2.45, 2.75) is 18.9 Å². The van der Waals surface area contributed by atoms with E-state index in [0.29, 0.717) is 6.54 Å². The number of piperidine rings is 1. The number of amides is 2. The zero-order valence-electron chi connectivity index (χ0n) is 9.98. The number of carbonyl (C=O) groups excluding carboxylic acids is 2. The predicted octanol–water partition coefficient (Wildman–Crippen LogP) is -0.879. The lowest BCUT2D eigenvalue weighted by molar-refractivity contribution is -0.135. The smallest absolute Gasteiger partial charge is 0.242 e. The zero-order valence-corrected chi connectivity index (χ0v) is 10.8. The van der Waals surface area contributed by atoms with Gasteiger partial charge in [0.2, 0.25) is 11.8 Å².